The van der Waals surface area contributed by atoms with Crippen molar-refractivity contribution in [2.24, 2.45) is 11.1 Å². The summed E-state index contributed by atoms with van der Waals surface area (Å²) in [5.74, 6) is 0.0977. The van der Waals surface area contributed by atoms with Crippen molar-refractivity contribution < 1.29 is 4.79 Å². The topological polar surface area (TPSA) is 59.2 Å². The van der Waals surface area contributed by atoms with Crippen molar-refractivity contribution in [1.29, 1.82) is 0 Å². The Morgan fingerprint density at radius 1 is 1.37 bits per heavy atom. The number of nitrogens with zero attached hydrogens (tertiary/aromatic N) is 2. The second-order valence-corrected chi connectivity index (χ2v) is 6.07. The fourth-order valence-electron chi connectivity index (χ4n) is 1.68. The molecule has 0 atom stereocenters. The lowest BCUT2D eigenvalue weighted by atomic mass is 9.94. The predicted molar refractivity (Wildman–Crippen MR) is 80.5 cm³/mol. The van der Waals surface area contributed by atoms with Crippen LogP contribution >= 0.6 is 12.2 Å². The summed E-state index contributed by atoms with van der Waals surface area (Å²) in [6.07, 6.45) is 3.99. The fourth-order valence-corrected chi connectivity index (χ4v) is 1.77. The van der Waals surface area contributed by atoms with Gasteiger partial charge in [-0.1, -0.05) is 33.0 Å². The molecular weight excluding hydrogens is 258 g/mol. The Hall–Kier alpha value is -1.49. The number of carbonyl (C=O) groups excluding carboxylic acids is 1. The SMILES string of the molecule is CC(C)(C)C(=O)N(CCC(N)=S)Cc1ccncc1. The summed E-state index contributed by atoms with van der Waals surface area (Å²) < 4.78 is 0. The van der Waals surface area contributed by atoms with Crippen LogP contribution in [0.1, 0.15) is 32.8 Å². The van der Waals surface area contributed by atoms with Gasteiger partial charge in [0.2, 0.25) is 5.91 Å². The Bertz CT molecular complexity index is 440. The van der Waals surface area contributed by atoms with Crippen molar-refractivity contribution in [2.75, 3.05) is 6.54 Å². The van der Waals surface area contributed by atoms with E-state index in [1.165, 1.54) is 0 Å². The number of nitrogens with two attached hydrogens (primary N) is 1. The van der Waals surface area contributed by atoms with Gasteiger partial charge in [0.25, 0.3) is 0 Å². The van der Waals surface area contributed by atoms with Crippen molar-refractivity contribution in [1.82, 2.24) is 9.88 Å². The average Bonchev–Trinajstić information content (AvgIpc) is 2.33. The van der Waals surface area contributed by atoms with E-state index in [9.17, 15) is 4.79 Å². The number of carbonyl (C=O) groups is 1. The fraction of sp³-hybridized carbons (Fsp3) is 0.500. The van der Waals surface area contributed by atoms with Crippen LogP contribution in [0.3, 0.4) is 0 Å². The Labute approximate surface area is 120 Å². The minimum atomic E-state index is -0.413. The Morgan fingerprint density at radius 2 is 1.95 bits per heavy atom. The number of aromatic nitrogens is 1. The lowest BCUT2D eigenvalue weighted by molar-refractivity contribution is -0.140. The maximum absolute atomic E-state index is 12.4. The van der Waals surface area contributed by atoms with E-state index in [0.717, 1.165) is 5.56 Å². The summed E-state index contributed by atoms with van der Waals surface area (Å²) >= 11 is 4.89. The molecule has 0 spiro atoms. The van der Waals surface area contributed by atoms with E-state index in [4.69, 9.17) is 18.0 Å². The third-order valence-electron chi connectivity index (χ3n) is 2.68. The van der Waals surface area contributed by atoms with E-state index in [1.807, 2.05) is 32.9 Å². The Morgan fingerprint density at radius 3 is 2.42 bits per heavy atom. The smallest absolute Gasteiger partial charge is 0.228 e. The predicted octanol–water partition coefficient (Wildman–Crippen LogP) is 2.13. The molecule has 0 aromatic carbocycles. The molecule has 0 radical (unpaired) electrons. The van der Waals surface area contributed by atoms with Gasteiger partial charge in [-0.3, -0.25) is 9.78 Å². The zero-order valence-electron chi connectivity index (χ0n) is 11.7. The zero-order valence-corrected chi connectivity index (χ0v) is 12.5. The first-order valence-corrected chi connectivity index (χ1v) is 6.68. The van der Waals surface area contributed by atoms with Gasteiger partial charge in [0.1, 0.15) is 0 Å². The van der Waals surface area contributed by atoms with E-state index in [1.54, 1.807) is 17.3 Å². The molecule has 2 N–H and O–H groups in total. The maximum Gasteiger partial charge on any atom is 0.228 e. The molecule has 0 aliphatic rings. The Balaban J connectivity index is 2.80. The van der Waals surface area contributed by atoms with Crippen LogP contribution in [-0.4, -0.2) is 27.3 Å². The minimum absolute atomic E-state index is 0.0977. The molecule has 0 unspecified atom stereocenters. The molecule has 104 valence electrons. The van der Waals surface area contributed by atoms with Crippen molar-refractivity contribution in [3.63, 3.8) is 0 Å². The molecule has 1 aromatic heterocycles. The summed E-state index contributed by atoms with van der Waals surface area (Å²) in [5.41, 5.74) is 6.16. The molecule has 1 heterocycles. The van der Waals surface area contributed by atoms with E-state index in [0.29, 0.717) is 24.5 Å². The number of hydrogen-bond donors (Lipinski definition) is 1. The Kier molecular flexibility index (Phi) is 5.42. The molecule has 4 nitrogen and oxygen atoms in total. The average molecular weight is 279 g/mol. The highest BCUT2D eigenvalue weighted by Gasteiger charge is 2.27. The third kappa shape index (κ3) is 5.34. The lowest BCUT2D eigenvalue weighted by Crippen LogP contribution is -2.40. The largest absolute Gasteiger partial charge is 0.393 e. The lowest BCUT2D eigenvalue weighted by Gasteiger charge is -2.29. The first-order valence-electron chi connectivity index (χ1n) is 6.27. The monoisotopic (exact) mass is 279 g/mol. The van der Waals surface area contributed by atoms with Crippen LogP contribution in [-0.2, 0) is 11.3 Å². The molecular formula is C14H21N3OS. The highest BCUT2D eigenvalue weighted by molar-refractivity contribution is 7.80. The summed E-state index contributed by atoms with van der Waals surface area (Å²) in [7, 11) is 0. The summed E-state index contributed by atoms with van der Waals surface area (Å²) in [6, 6.07) is 3.81. The number of pyridine rings is 1. The van der Waals surface area contributed by atoms with Gasteiger partial charge in [-0.15, -0.1) is 0 Å². The van der Waals surface area contributed by atoms with E-state index < -0.39 is 5.41 Å². The van der Waals surface area contributed by atoms with Crippen LogP contribution in [0.15, 0.2) is 24.5 Å². The second-order valence-electron chi connectivity index (χ2n) is 5.55. The van der Waals surface area contributed by atoms with E-state index in [2.05, 4.69) is 4.98 Å². The first-order chi connectivity index (χ1) is 8.80. The summed E-state index contributed by atoms with van der Waals surface area (Å²) in [4.78, 5) is 18.6. The molecule has 1 aromatic rings. The quantitative estimate of drug-likeness (QED) is 0.839. The standard InChI is InChI=1S/C14H21N3OS/c1-14(2,3)13(18)17(9-6-12(15)19)10-11-4-7-16-8-5-11/h4-5,7-8H,6,9-10H2,1-3H3,(H2,15,19). The minimum Gasteiger partial charge on any atom is -0.393 e. The molecule has 0 aliphatic heterocycles. The van der Waals surface area contributed by atoms with E-state index in [-0.39, 0.29) is 5.91 Å². The molecule has 19 heavy (non-hydrogen) atoms. The van der Waals surface area contributed by atoms with Crippen LogP contribution in [0.4, 0.5) is 0 Å². The van der Waals surface area contributed by atoms with Gasteiger partial charge >= 0.3 is 0 Å². The molecule has 0 saturated carbocycles. The van der Waals surface area contributed by atoms with Crippen LogP contribution < -0.4 is 5.73 Å². The normalized spacial score (nSPS) is 11.1. The molecule has 0 bridgehead atoms. The summed E-state index contributed by atoms with van der Waals surface area (Å²) in [6.45, 7) is 6.84. The highest BCUT2D eigenvalue weighted by Crippen LogP contribution is 2.19. The number of thiocarbonyl (C=S) groups is 1. The van der Waals surface area contributed by atoms with Crippen LogP contribution in [0.25, 0.3) is 0 Å². The summed E-state index contributed by atoms with van der Waals surface area (Å²) in [5, 5.41) is 0. The molecule has 0 aliphatic carbocycles. The third-order valence-corrected chi connectivity index (χ3v) is 2.88. The van der Waals surface area contributed by atoms with Gasteiger partial charge in [0.05, 0.1) is 4.99 Å². The first kappa shape index (κ1) is 15.6. The molecule has 0 saturated heterocycles. The van der Waals surface area contributed by atoms with E-state index >= 15 is 0 Å². The maximum atomic E-state index is 12.4. The second kappa shape index (κ2) is 6.61. The van der Waals surface area contributed by atoms with Gasteiger partial charge in [-0.25, -0.2) is 0 Å². The zero-order chi connectivity index (χ0) is 14.5. The number of rotatable bonds is 5. The van der Waals surface area contributed by atoms with Gasteiger partial charge in [-0.2, -0.15) is 0 Å². The van der Waals surface area contributed by atoms with Gasteiger partial charge < -0.3 is 10.6 Å². The van der Waals surface area contributed by atoms with Crippen LogP contribution in [0, 0.1) is 5.41 Å². The molecule has 5 heteroatoms. The molecule has 1 rings (SSSR count). The van der Waals surface area contributed by atoms with Crippen molar-refractivity contribution in [3.05, 3.63) is 30.1 Å². The van der Waals surface area contributed by atoms with Crippen LogP contribution in [0.2, 0.25) is 0 Å². The van der Waals surface area contributed by atoms with Gasteiger partial charge in [0, 0.05) is 37.3 Å². The number of amides is 1. The highest BCUT2D eigenvalue weighted by atomic mass is 32.1. The van der Waals surface area contributed by atoms with Crippen LogP contribution in [0.5, 0.6) is 0 Å². The number of hydrogen-bond acceptors (Lipinski definition) is 3. The molecule has 0 fully saturated rings. The molecule has 1 amide bonds. The van der Waals surface area contributed by atoms with Crippen molar-refractivity contribution in [3.8, 4) is 0 Å². The van der Waals surface area contributed by atoms with Crippen molar-refractivity contribution in [2.45, 2.75) is 33.7 Å². The van der Waals surface area contributed by atoms with Gasteiger partial charge in [0.15, 0.2) is 0 Å². The van der Waals surface area contributed by atoms with Crippen molar-refractivity contribution >= 4 is 23.1 Å². The van der Waals surface area contributed by atoms with Gasteiger partial charge in [-0.05, 0) is 17.7 Å².